The molecule has 3 amide bonds. The number of primary amides is 1. The van der Waals surface area contributed by atoms with Crippen molar-refractivity contribution in [1.82, 2.24) is 14.6 Å². The van der Waals surface area contributed by atoms with Crippen molar-refractivity contribution in [2.75, 3.05) is 5.73 Å². The molecule has 0 aliphatic heterocycles. The Balaban J connectivity index is 2.43. The highest BCUT2D eigenvalue weighted by Crippen LogP contribution is 2.31. The molecule has 1 aliphatic rings. The van der Waals surface area contributed by atoms with E-state index >= 15 is 0 Å². The van der Waals surface area contributed by atoms with E-state index in [1.807, 2.05) is 27.7 Å². The van der Waals surface area contributed by atoms with Crippen LogP contribution >= 0.6 is 11.5 Å². The third-order valence-electron chi connectivity index (χ3n) is 4.81. The predicted molar refractivity (Wildman–Crippen MR) is 110 cm³/mol. The Hall–Kier alpha value is -2.16. The fourth-order valence-electron chi connectivity index (χ4n) is 3.61. The van der Waals surface area contributed by atoms with Crippen LogP contribution in [-0.2, 0) is 4.79 Å². The normalized spacial score (nSPS) is 16.0. The number of anilines is 1. The zero-order valence-corrected chi connectivity index (χ0v) is 17.9. The largest absolute Gasteiger partial charge is 0.395 e. The maximum absolute atomic E-state index is 13.5. The van der Waals surface area contributed by atoms with Crippen LogP contribution in [0.1, 0.15) is 86.4 Å². The van der Waals surface area contributed by atoms with E-state index in [0.29, 0.717) is 6.42 Å². The number of nitrogens with one attached hydrogen (secondary N) is 1. The standard InChI is InChI=1S/C19H31N5O3S/c1-5-8-12(17(26)22-19(2,3)4)24(11-9-6-7-10-11)18(27)15-13(20)14(16(21)25)23-28-15/h11-12H,5-10,20H2,1-4H3,(H2,21,25)(H,22,26)/t12-/m1/s1. The van der Waals surface area contributed by atoms with Gasteiger partial charge in [0.2, 0.25) is 5.91 Å². The maximum Gasteiger partial charge on any atom is 0.270 e. The first-order valence-electron chi connectivity index (χ1n) is 9.76. The van der Waals surface area contributed by atoms with Gasteiger partial charge < -0.3 is 21.7 Å². The van der Waals surface area contributed by atoms with E-state index in [9.17, 15) is 14.4 Å². The second-order valence-corrected chi connectivity index (χ2v) is 9.11. The van der Waals surface area contributed by atoms with Gasteiger partial charge in [-0.05, 0) is 51.6 Å². The molecule has 0 spiro atoms. The highest BCUT2D eigenvalue weighted by Gasteiger charge is 2.39. The molecule has 1 aromatic heterocycles. The Labute approximate surface area is 170 Å². The van der Waals surface area contributed by atoms with Crippen LogP contribution in [0, 0.1) is 0 Å². The quantitative estimate of drug-likeness (QED) is 0.636. The van der Waals surface area contributed by atoms with Crippen LogP contribution < -0.4 is 16.8 Å². The summed E-state index contributed by atoms with van der Waals surface area (Å²) in [6.45, 7) is 7.72. The fraction of sp³-hybridized carbons (Fsp3) is 0.684. The molecule has 2 rings (SSSR count). The van der Waals surface area contributed by atoms with Crippen LogP contribution in [0.5, 0.6) is 0 Å². The first-order chi connectivity index (χ1) is 13.1. The van der Waals surface area contributed by atoms with Crippen molar-refractivity contribution in [3.8, 4) is 0 Å². The van der Waals surface area contributed by atoms with Crippen molar-refractivity contribution in [1.29, 1.82) is 0 Å². The number of carbonyl (C=O) groups excluding carboxylic acids is 3. The molecule has 1 saturated carbocycles. The zero-order chi connectivity index (χ0) is 21.1. The molecule has 0 unspecified atom stereocenters. The summed E-state index contributed by atoms with van der Waals surface area (Å²) in [5.41, 5.74) is 10.8. The summed E-state index contributed by atoms with van der Waals surface area (Å²) in [4.78, 5) is 39.8. The van der Waals surface area contributed by atoms with E-state index in [-0.39, 0.29) is 34.1 Å². The van der Waals surface area contributed by atoms with Crippen LogP contribution in [0.4, 0.5) is 5.69 Å². The van der Waals surface area contributed by atoms with E-state index in [1.165, 1.54) is 0 Å². The smallest absolute Gasteiger partial charge is 0.270 e. The molecule has 1 fully saturated rings. The third kappa shape index (κ3) is 5.01. The summed E-state index contributed by atoms with van der Waals surface area (Å²) in [6.07, 6.45) is 5.01. The average molecular weight is 410 g/mol. The maximum atomic E-state index is 13.5. The van der Waals surface area contributed by atoms with Gasteiger partial charge in [0.05, 0.1) is 5.69 Å². The molecular weight excluding hydrogens is 378 g/mol. The van der Waals surface area contributed by atoms with Gasteiger partial charge in [-0.25, -0.2) is 0 Å². The number of nitrogens with two attached hydrogens (primary N) is 2. The molecule has 1 aliphatic carbocycles. The van der Waals surface area contributed by atoms with Crippen molar-refractivity contribution < 1.29 is 14.4 Å². The molecule has 1 heterocycles. The van der Waals surface area contributed by atoms with Crippen LogP contribution in [0.15, 0.2) is 0 Å². The molecule has 8 nitrogen and oxygen atoms in total. The van der Waals surface area contributed by atoms with Gasteiger partial charge >= 0.3 is 0 Å². The Morgan fingerprint density at radius 3 is 2.36 bits per heavy atom. The number of amides is 3. The zero-order valence-electron chi connectivity index (χ0n) is 17.1. The van der Waals surface area contributed by atoms with Crippen LogP contribution in [0.25, 0.3) is 0 Å². The van der Waals surface area contributed by atoms with E-state index in [0.717, 1.165) is 43.6 Å². The van der Waals surface area contributed by atoms with E-state index in [1.54, 1.807) is 4.90 Å². The Kier molecular flexibility index (Phi) is 7.03. The SMILES string of the molecule is CCC[C@H](C(=O)NC(C)(C)C)N(C(=O)c1snc(C(N)=O)c1N)C1CCCC1. The Morgan fingerprint density at radius 1 is 1.29 bits per heavy atom. The van der Waals surface area contributed by atoms with Crippen molar-refractivity contribution >= 4 is 34.9 Å². The number of hydrogen-bond donors (Lipinski definition) is 3. The van der Waals surface area contributed by atoms with Gasteiger partial charge in [-0.1, -0.05) is 26.2 Å². The predicted octanol–water partition coefficient (Wildman–Crippen LogP) is 2.29. The molecular formula is C19H31N5O3S. The minimum absolute atomic E-state index is 0.00280. The molecule has 28 heavy (non-hydrogen) atoms. The number of rotatable bonds is 7. The topological polar surface area (TPSA) is 131 Å². The van der Waals surface area contributed by atoms with Gasteiger partial charge in [-0.15, -0.1) is 0 Å². The lowest BCUT2D eigenvalue weighted by Crippen LogP contribution is -2.56. The molecule has 0 aromatic carbocycles. The minimum Gasteiger partial charge on any atom is -0.395 e. The van der Waals surface area contributed by atoms with Crippen molar-refractivity contribution in [2.24, 2.45) is 5.73 Å². The van der Waals surface area contributed by atoms with Crippen molar-refractivity contribution in [2.45, 2.75) is 83.8 Å². The monoisotopic (exact) mass is 409 g/mol. The van der Waals surface area contributed by atoms with Gasteiger partial charge in [0.15, 0.2) is 5.69 Å². The minimum atomic E-state index is -0.768. The Morgan fingerprint density at radius 2 is 1.89 bits per heavy atom. The summed E-state index contributed by atoms with van der Waals surface area (Å²) >= 11 is 0.861. The molecule has 0 saturated heterocycles. The van der Waals surface area contributed by atoms with Gasteiger partial charge in [0.1, 0.15) is 10.9 Å². The number of aromatic nitrogens is 1. The second-order valence-electron chi connectivity index (χ2n) is 8.33. The first-order valence-corrected chi connectivity index (χ1v) is 10.5. The summed E-state index contributed by atoms with van der Waals surface area (Å²) in [5.74, 6) is -1.29. The summed E-state index contributed by atoms with van der Waals surface area (Å²) < 4.78 is 3.95. The average Bonchev–Trinajstić information content (AvgIpc) is 3.22. The van der Waals surface area contributed by atoms with Crippen LogP contribution in [0.2, 0.25) is 0 Å². The number of nitrogen functional groups attached to an aromatic ring is 1. The first kappa shape index (κ1) is 22.1. The highest BCUT2D eigenvalue weighted by molar-refractivity contribution is 7.09. The lowest BCUT2D eigenvalue weighted by molar-refractivity contribution is -0.128. The number of hydrogen-bond acceptors (Lipinski definition) is 6. The van der Waals surface area contributed by atoms with E-state index in [2.05, 4.69) is 9.69 Å². The fourth-order valence-corrected chi connectivity index (χ4v) is 4.36. The van der Waals surface area contributed by atoms with Gasteiger partial charge in [0, 0.05) is 11.6 Å². The second kappa shape index (κ2) is 8.89. The summed E-state index contributed by atoms with van der Waals surface area (Å²) in [5, 5.41) is 3.00. The molecule has 0 bridgehead atoms. The van der Waals surface area contributed by atoms with E-state index in [4.69, 9.17) is 11.5 Å². The van der Waals surface area contributed by atoms with E-state index < -0.39 is 17.5 Å². The molecule has 1 aromatic rings. The lowest BCUT2D eigenvalue weighted by atomic mass is 10.0. The molecule has 0 radical (unpaired) electrons. The number of carbonyl (C=O) groups is 3. The van der Waals surface area contributed by atoms with Crippen LogP contribution in [0.3, 0.4) is 0 Å². The molecule has 1 atom stereocenters. The van der Waals surface area contributed by atoms with Crippen molar-refractivity contribution in [3.63, 3.8) is 0 Å². The van der Waals surface area contributed by atoms with Gasteiger partial charge in [-0.3, -0.25) is 14.4 Å². The molecule has 5 N–H and O–H groups in total. The Bertz CT molecular complexity index is 734. The van der Waals surface area contributed by atoms with Gasteiger partial charge in [-0.2, -0.15) is 4.37 Å². The van der Waals surface area contributed by atoms with Crippen molar-refractivity contribution in [3.05, 3.63) is 10.6 Å². The van der Waals surface area contributed by atoms with Gasteiger partial charge in [0.25, 0.3) is 11.8 Å². The lowest BCUT2D eigenvalue weighted by Gasteiger charge is -2.37. The summed E-state index contributed by atoms with van der Waals surface area (Å²) in [7, 11) is 0. The third-order valence-corrected chi connectivity index (χ3v) is 5.66. The molecule has 156 valence electrons. The number of nitrogens with zero attached hydrogens (tertiary/aromatic N) is 2. The molecule has 9 heteroatoms. The summed E-state index contributed by atoms with van der Waals surface area (Å²) in [6, 6.07) is -0.633. The van der Waals surface area contributed by atoms with Crippen LogP contribution in [-0.4, -0.2) is 44.6 Å². The highest BCUT2D eigenvalue weighted by atomic mass is 32.1.